The molecule has 5 atom stereocenters. The minimum atomic E-state index is -3.23. The van der Waals surface area contributed by atoms with Gasteiger partial charge in [0.25, 0.3) is 0 Å². The predicted molar refractivity (Wildman–Crippen MR) is 97.0 cm³/mol. The van der Waals surface area contributed by atoms with Crippen molar-refractivity contribution in [3.8, 4) is 0 Å². The summed E-state index contributed by atoms with van der Waals surface area (Å²) < 4.78 is 29.3. The number of halogens is 2. The number of ketones is 1. The summed E-state index contributed by atoms with van der Waals surface area (Å²) in [6, 6.07) is 0.738. The van der Waals surface area contributed by atoms with Crippen molar-refractivity contribution in [1.82, 2.24) is 5.32 Å². The third-order valence-corrected chi connectivity index (χ3v) is 8.87. The molecule has 0 amide bonds. The molecule has 0 aliphatic heterocycles. The fourth-order valence-corrected chi connectivity index (χ4v) is 7.32. The van der Waals surface area contributed by atoms with Crippen LogP contribution in [0, 0.1) is 28.6 Å². The van der Waals surface area contributed by atoms with Crippen LogP contribution in [0.1, 0.15) is 71.1 Å². The molecule has 4 heteroatoms. The van der Waals surface area contributed by atoms with Crippen molar-refractivity contribution in [3.63, 3.8) is 0 Å². The third-order valence-electron chi connectivity index (χ3n) is 8.87. The fourth-order valence-electron chi connectivity index (χ4n) is 7.32. The average molecular weight is 363 g/mol. The van der Waals surface area contributed by atoms with Gasteiger partial charge in [-0.1, -0.05) is 19.4 Å². The number of hydrogen-bond acceptors (Lipinski definition) is 2. The van der Waals surface area contributed by atoms with Crippen LogP contribution in [-0.4, -0.2) is 24.3 Å². The first kappa shape index (κ1) is 17.3. The zero-order chi connectivity index (χ0) is 18.2. The van der Waals surface area contributed by atoms with Gasteiger partial charge in [0.1, 0.15) is 0 Å². The van der Waals surface area contributed by atoms with Crippen LogP contribution < -0.4 is 5.32 Å². The molecule has 0 unspecified atom stereocenters. The van der Waals surface area contributed by atoms with Gasteiger partial charge >= 0.3 is 5.92 Å². The molecule has 144 valence electrons. The van der Waals surface area contributed by atoms with E-state index in [-0.39, 0.29) is 12.0 Å². The number of hydrogen-bond donors (Lipinski definition) is 1. The van der Waals surface area contributed by atoms with Gasteiger partial charge in [0.15, 0.2) is 0 Å². The number of Topliss-reactive ketones (excluding diaryl/α,β-unsaturated/α-hetero) is 1. The van der Waals surface area contributed by atoms with Crippen molar-refractivity contribution in [2.75, 3.05) is 6.54 Å². The van der Waals surface area contributed by atoms with Crippen LogP contribution in [0.5, 0.6) is 0 Å². The third kappa shape index (κ3) is 2.33. The smallest absolute Gasteiger partial charge is 0.313 e. The zero-order valence-electron chi connectivity index (χ0n) is 15.8. The topological polar surface area (TPSA) is 29.1 Å². The number of nitrogens with one attached hydrogen (secondary N) is 1. The van der Waals surface area contributed by atoms with Crippen LogP contribution in [-0.2, 0) is 4.79 Å². The summed E-state index contributed by atoms with van der Waals surface area (Å²) in [5.74, 6) is -2.55. The second-order valence-electron chi connectivity index (χ2n) is 10.1. The summed E-state index contributed by atoms with van der Waals surface area (Å²) in [7, 11) is 0. The van der Waals surface area contributed by atoms with Crippen molar-refractivity contribution in [2.24, 2.45) is 28.6 Å². The average Bonchev–Trinajstić information content (AvgIpc) is 3.34. The molecular formula is C22H31F2NO. The minimum Gasteiger partial charge on any atom is -0.313 e. The molecule has 4 saturated carbocycles. The molecule has 0 spiro atoms. The van der Waals surface area contributed by atoms with Crippen LogP contribution in [0.15, 0.2) is 11.6 Å². The van der Waals surface area contributed by atoms with Gasteiger partial charge in [-0.2, -0.15) is 8.78 Å². The molecule has 4 fully saturated rings. The Bertz CT molecular complexity index is 655. The Morgan fingerprint density at radius 2 is 1.92 bits per heavy atom. The Hall–Kier alpha value is -0.770. The van der Waals surface area contributed by atoms with Gasteiger partial charge in [-0.05, 0) is 80.0 Å². The van der Waals surface area contributed by atoms with Crippen LogP contribution >= 0.6 is 0 Å². The van der Waals surface area contributed by atoms with Crippen LogP contribution in [0.3, 0.4) is 0 Å². The van der Waals surface area contributed by atoms with E-state index in [0.29, 0.717) is 29.6 Å². The van der Waals surface area contributed by atoms with Crippen molar-refractivity contribution >= 4 is 5.78 Å². The normalized spacial score (nSPS) is 47.0. The summed E-state index contributed by atoms with van der Waals surface area (Å²) >= 11 is 0. The Morgan fingerprint density at radius 3 is 2.69 bits per heavy atom. The number of allylic oxidation sites excluding steroid dienone is 2. The maximum Gasteiger partial charge on any atom is 0.327 e. The fraction of sp³-hybridized carbons (Fsp3) is 0.864. The van der Waals surface area contributed by atoms with Gasteiger partial charge in [0, 0.05) is 24.6 Å². The second kappa shape index (κ2) is 5.62. The first-order valence-electron chi connectivity index (χ1n) is 10.7. The van der Waals surface area contributed by atoms with Crippen LogP contribution in [0.4, 0.5) is 8.78 Å². The minimum absolute atomic E-state index is 0.0447. The molecule has 0 radical (unpaired) electrons. The molecule has 0 heterocycles. The number of carbonyl (C=O) groups excluding carboxylic acids is 1. The van der Waals surface area contributed by atoms with Gasteiger partial charge in [0.05, 0.1) is 0 Å². The molecular weight excluding hydrogens is 332 g/mol. The highest BCUT2D eigenvalue weighted by atomic mass is 19.3. The largest absolute Gasteiger partial charge is 0.327 e. The molecule has 5 aliphatic rings. The lowest BCUT2D eigenvalue weighted by Gasteiger charge is -2.58. The van der Waals surface area contributed by atoms with E-state index in [1.165, 1.54) is 38.5 Å². The van der Waals surface area contributed by atoms with Gasteiger partial charge in [0.2, 0.25) is 5.78 Å². The van der Waals surface area contributed by atoms with E-state index in [1.54, 1.807) is 6.08 Å². The summed E-state index contributed by atoms with van der Waals surface area (Å²) in [5.41, 5.74) is 0.0985. The van der Waals surface area contributed by atoms with E-state index in [1.807, 2.05) is 6.92 Å². The van der Waals surface area contributed by atoms with Crippen molar-refractivity contribution < 1.29 is 13.6 Å². The van der Waals surface area contributed by atoms with E-state index >= 15 is 0 Å². The van der Waals surface area contributed by atoms with Gasteiger partial charge < -0.3 is 5.32 Å². The van der Waals surface area contributed by atoms with E-state index in [0.717, 1.165) is 25.4 Å². The summed E-state index contributed by atoms with van der Waals surface area (Å²) in [4.78, 5) is 11.9. The summed E-state index contributed by atoms with van der Waals surface area (Å²) in [6.45, 7) is 3.17. The zero-order valence-corrected chi connectivity index (χ0v) is 15.8. The molecule has 0 bridgehead atoms. The Kier molecular flexibility index (Phi) is 3.75. The molecule has 1 N–H and O–H groups in total. The Balaban J connectivity index is 1.45. The summed E-state index contributed by atoms with van der Waals surface area (Å²) in [6.07, 6.45) is 12.0. The van der Waals surface area contributed by atoms with Gasteiger partial charge in [-0.25, -0.2) is 0 Å². The molecule has 5 aliphatic carbocycles. The number of fused-ring (bicyclic) bond motifs is 5. The van der Waals surface area contributed by atoms with Crippen LogP contribution in [0.25, 0.3) is 0 Å². The van der Waals surface area contributed by atoms with Crippen LogP contribution in [0.2, 0.25) is 0 Å². The number of carbonyl (C=O) groups is 1. The Labute approximate surface area is 155 Å². The van der Waals surface area contributed by atoms with Crippen molar-refractivity contribution in [2.45, 2.75) is 83.1 Å². The summed E-state index contributed by atoms with van der Waals surface area (Å²) in [5, 5.41) is 3.79. The second-order valence-corrected chi connectivity index (χ2v) is 10.1. The van der Waals surface area contributed by atoms with E-state index in [2.05, 4.69) is 5.32 Å². The molecule has 0 aromatic carbocycles. The Morgan fingerprint density at radius 1 is 1.12 bits per heavy atom. The van der Waals surface area contributed by atoms with Gasteiger partial charge in [-0.15, -0.1) is 0 Å². The predicted octanol–water partition coefficient (Wildman–Crippen LogP) is 4.89. The SMILES string of the molecule is C[C@]12CCC(=O)C(F)(F)C1=CC[C@H]1[C@@H]3CCC[C@@]3(CNC3CC3)CC[C@@H]12. The lowest BCUT2D eigenvalue weighted by molar-refractivity contribution is -0.149. The molecule has 5 rings (SSSR count). The number of alkyl halides is 2. The number of rotatable bonds is 3. The molecule has 0 saturated heterocycles. The first-order valence-corrected chi connectivity index (χ1v) is 10.7. The molecule has 26 heavy (non-hydrogen) atoms. The van der Waals surface area contributed by atoms with E-state index in [4.69, 9.17) is 0 Å². The first-order chi connectivity index (χ1) is 12.4. The standard InChI is InChI=1S/C22H31F2NO/c1-20-11-9-19(26)22(23,24)18(20)7-6-15-16(20)8-12-21(10-2-3-17(15)21)13-25-14-4-5-14/h7,14-17,25H,2-6,8-13H2,1H3/t15-,16+,17+,20-,21+/m1/s1. The van der Waals surface area contributed by atoms with E-state index < -0.39 is 17.1 Å². The molecule has 2 nitrogen and oxygen atoms in total. The van der Waals surface area contributed by atoms with E-state index in [9.17, 15) is 13.6 Å². The monoisotopic (exact) mass is 363 g/mol. The highest BCUT2D eigenvalue weighted by Gasteiger charge is 2.62. The highest BCUT2D eigenvalue weighted by Crippen LogP contribution is 2.66. The quantitative estimate of drug-likeness (QED) is 0.724. The lowest BCUT2D eigenvalue weighted by atomic mass is 9.47. The maximum absolute atomic E-state index is 14.7. The van der Waals surface area contributed by atoms with Gasteiger partial charge in [-0.3, -0.25) is 4.79 Å². The molecule has 0 aromatic rings. The maximum atomic E-state index is 14.7. The lowest BCUT2D eigenvalue weighted by Crippen LogP contribution is -2.55. The molecule has 0 aromatic heterocycles. The highest BCUT2D eigenvalue weighted by molar-refractivity contribution is 5.90. The van der Waals surface area contributed by atoms with Crippen molar-refractivity contribution in [1.29, 1.82) is 0 Å². The van der Waals surface area contributed by atoms with Crippen molar-refractivity contribution in [3.05, 3.63) is 11.6 Å².